The third kappa shape index (κ3) is 4.19. The molecule has 0 aromatic heterocycles. The molecule has 142 valence electrons. The number of carbonyl (C=O) groups is 3. The van der Waals surface area contributed by atoms with Gasteiger partial charge in [0.2, 0.25) is 0 Å². The van der Waals surface area contributed by atoms with Gasteiger partial charge in [0, 0.05) is 38.2 Å². The predicted molar refractivity (Wildman–Crippen MR) is 103 cm³/mol. The lowest BCUT2D eigenvalue weighted by atomic mass is 9.80. The van der Waals surface area contributed by atoms with Crippen molar-refractivity contribution in [1.29, 1.82) is 0 Å². The maximum atomic E-state index is 13.1. The lowest BCUT2D eigenvalue weighted by Gasteiger charge is -2.29. The van der Waals surface area contributed by atoms with Crippen LogP contribution in [0.4, 0.5) is 0 Å². The van der Waals surface area contributed by atoms with Crippen LogP contribution in [0.5, 0.6) is 0 Å². The zero-order chi connectivity index (χ0) is 19.8. The monoisotopic (exact) mass is 406 g/mol. The highest BCUT2D eigenvalue weighted by Gasteiger charge is 2.38. The van der Waals surface area contributed by atoms with Crippen LogP contribution >= 0.6 is 23.5 Å². The zero-order valence-corrected chi connectivity index (χ0v) is 16.1. The summed E-state index contributed by atoms with van der Waals surface area (Å²) in [6.07, 6.45) is 3.94. The highest BCUT2D eigenvalue weighted by molar-refractivity contribution is 8.00. The number of carboxylic acid groups (broad SMARTS) is 1. The fourth-order valence-electron chi connectivity index (χ4n) is 3.06. The van der Waals surface area contributed by atoms with Gasteiger partial charge in [-0.25, -0.2) is 0 Å². The van der Waals surface area contributed by atoms with Crippen LogP contribution in [0.15, 0.2) is 46.4 Å². The Kier molecular flexibility index (Phi) is 5.62. The molecule has 6 nitrogen and oxygen atoms in total. The average molecular weight is 406 g/mol. The molecule has 3 rings (SSSR count). The van der Waals surface area contributed by atoms with Crippen molar-refractivity contribution in [1.82, 2.24) is 0 Å². The molecule has 0 heterocycles. The summed E-state index contributed by atoms with van der Waals surface area (Å²) in [5.41, 5.74) is 1.20. The largest absolute Gasteiger partial charge is 0.481 e. The van der Waals surface area contributed by atoms with E-state index in [0.29, 0.717) is 22.5 Å². The van der Waals surface area contributed by atoms with Crippen LogP contribution in [0.3, 0.4) is 0 Å². The molecule has 1 aromatic rings. The summed E-state index contributed by atoms with van der Waals surface area (Å²) in [6.45, 7) is 1.27. The van der Waals surface area contributed by atoms with Crippen molar-refractivity contribution in [3.63, 3.8) is 0 Å². The van der Waals surface area contributed by atoms with Crippen LogP contribution < -0.4 is 0 Å². The van der Waals surface area contributed by atoms with Crippen molar-refractivity contribution in [2.45, 2.75) is 29.3 Å². The summed E-state index contributed by atoms with van der Waals surface area (Å²) in [5.74, 6) is -3.64. The second-order valence-corrected chi connectivity index (χ2v) is 8.71. The van der Waals surface area contributed by atoms with Crippen LogP contribution in [0.25, 0.3) is 0 Å². The summed E-state index contributed by atoms with van der Waals surface area (Å²) < 4.78 is 0. The average Bonchev–Trinajstić information content (AvgIpc) is 2.61. The van der Waals surface area contributed by atoms with Gasteiger partial charge in [0.05, 0.1) is 5.75 Å². The van der Waals surface area contributed by atoms with Gasteiger partial charge in [-0.3, -0.25) is 14.4 Å². The summed E-state index contributed by atoms with van der Waals surface area (Å²) in [6, 6.07) is 4.86. The molecule has 27 heavy (non-hydrogen) atoms. The molecule has 1 atom stereocenters. The molecular formula is C19H18O6S2. The quantitative estimate of drug-likeness (QED) is 0.487. The Bertz CT molecular complexity index is 879. The molecule has 1 unspecified atom stereocenters. The number of thioether (sulfide) groups is 2. The number of benzene rings is 1. The molecular weight excluding hydrogens is 388 g/mol. The standard InChI is InChI=1S/C19H18O6S2/c1-19(24,25)9-27-13-7-3-5-11-16(13)18(23)10-4-2-6-12(15(10)17(11)22)26-8-14(20)21/h2-6,13,24-25H,7-9H2,1H3,(H,20,21). The maximum Gasteiger partial charge on any atom is 0.313 e. The number of allylic oxidation sites excluding steroid dienone is 3. The van der Waals surface area contributed by atoms with Crippen molar-refractivity contribution in [3.05, 3.63) is 52.6 Å². The molecule has 0 saturated carbocycles. The van der Waals surface area contributed by atoms with Gasteiger partial charge in [-0.15, -0.1) is 23.5 Å². The lowest BCUT2D eigenvalue weighted by molar-refractivity contribution is -0.134. The van der Waals surface area contributed by atoms with Gasteiger partial charge in [-0.1, -0.05) is 24.3 Å². The first kappa shape index (κ1) is 19.9. The molecule has 3 N–H and O–H groups in total. The number of aliphatic hydroxyl groups is 2. The van der Waals surface area contributed by atoms with E-state index in [0.717, 1.165) is 11.8 Å². The van der Waals surface area contributed by atoms with Gasteiger partial charge in [0.15, 0.2) is 17.4 Å². The minimum Gasteiger partial charge on any atom is -0.481 e. The minimum absolute atomic E-state index is 0.00508. The van der Waals surface area contributed by atoms with Gasteiger partial charge in [0.1, 0.15) is 0 Å². The number of carboxylic acids is 1. The van der Waals surface area contributed by atoms with Crippen LogP contribution in [-0.4, -0.2) is 55.4 Å². The Morgan fingerprint density at radius 2 is 2.00 bits per heavy atom. The Labute approximate surface area is 164 Å². The second kappa shape index (κ2) is 7.63. The van der Waals surface area contributed by atoms with Crippen molar-refractivity contribution in [3.8, 4) is 0 Å². The van der Waals surface area contributed by atoms with Crippen LogP contribution in [-0.2, 0) is 4.79 Å². The van der Waals surface area contributed by atoms with Gasteiger partial charge < -0.3 is 15.3 Å². The molecule has 0 spiro atoms. The van der Waals surface area contributed by atoms with Crippen molar-refractivity contribution >= 4 is 41.1 Å². The Hall–Kier alpha value is -1.87. The van der Waals surface area contributed by atoms with Crippen molar-refractivity contribution < 1.29 is 29.7 Å². The molecule has 2 aliphatic rings. The SMILES string of the molecule is CC(O)(O)CSC1CC=CC2=C1C(=O)c1cccc(SCC(=O)O)c1C2=O. The summed E-state index contributed by atoms with van der Waals surface area (Å²) >= 11 is 2.24. The maximum absolute atomic E-state index is 13.1. The first-order valence-electron chi connectivity index (χ1n) is 8.23. The normalized spacial score (nSPS) is 19.1. The predicted octanol–water partition coefficient (Wildman–Crippen LogP) is 2.30. The summed E-state index contributed by atoms with van der Waals surface area (Å²) in [7, 11) is 0. The fraction of sp³-hybridized carbons (Fsp3) is 0.316. The molecule has 0 fully saturated rings. The number of rotatable bonds is 6. The van der Waals surface area contributed by atoms with Crippen molar-refractivity contribution in [2.75, 3.05) is 11.5 Å². The fourth-order valence-corrected chi connectivity index (χ4v) is 5.03. The minimum atomic E-state index is -1.87. The van der Waals surface area contributed by atoms with E-state index >= 15 is 0 Å². The van der Waals surface area contributed by atoms with E-state index in [1.165, 1.54) is 18.7 Å². The number of aliphatic carboxylic acids is 1. The molecule has 2 aliphatic carbocycles. The van der Waals surface area contributed by atoms with E-state index in [4.69, 9.17) is 5.11 Å². The summed E-state index contributed by atoms with van der Waals surface area (Å²) in [5, 5.41) is 27.7. The smallest absolute Gasteiger partial charge is 0.313 e. The molecule has 8 heteroatoms. The highest BCUT2D eigenvalue weighted by atomic mass is 32.2. The third-order valence-electron chi connectivity index (χ3n) is 4.14. The number of fused-ring (bicyclic) bond motifs is 1. The van der Waals surface area contributed by atoms with E-state index in [9.17, 15) is 24.6 Å². The Morgan fingerprint density at radius 1 is 1.26 bits per heavy atom. The number of hydrogen-bond donors (Lipinski definition) is 3. The van der Waals surface area contributed by atoms with E-state index in [1.54, 1.807) is 30.4 Å². The second-order valence-electron chi connectivity index (χ2n) is 6.50. The molecule has 0 aliphatic heterocycles. The van der Waals surface area contributed by atoms with Gasteiger partial charge in [-0.2, -0.15) is 0 Å². The van der Waals surface area contributed by atoms with E-state index in [1.807, 2.05) is 0 Å². The first-order valence-corrected chi connectivity index (χ1v) is 10.3. The van der Waals surface area contributed by atoms with Crippen LogP contribution in [0.2, 0.25) is 0 Å². The summed E-state index contributed by atoms with van der Waals surface area (Å²) in [4.78, 5) is 37.5. The van der Waals surface area contributed by atoms with E-state index in [2.05, 4.69) is 0 Å². The molecule has 1 aromatic carbocycles. The van der Waals surface area contributed by atoms with E-state index in [-0.39, 0.29) is 39.4 Å². The lowest BCUT2D eigenvalue weighted by Crippen LogP contribution is -2.32. The van der Waals surface area contributed by atoms with E-state index < -0.39 is 11.8 Å². The number of Topliss-reactive ketones (excluding diaryl/α,β-unsaturated/α-hetero) is 2. The first-order chi connectivity index (χ1) is 12.7. The zero-order valence-electron chi connectivity index (χ0n) is 14.5. The molecule has 0 amide bonds. The Balaban J connectivity index is 1.99. The molecule has 0 bridgehead atoms. The van der Waals surface area contributed by atoms with Crippen LogP contribution in [0, 0.1) is 0 Å². The Morgan fingerprint density at radius 3 is 2.67 bits per heavy atom. The number of hydrogen-bond acceptors (Lipinski definition) is 7. The van der Waals surface area contributed by atoms with Gasteiger partial charge >= 0.3 is 5.97 Å². The highest BCUT2D eigenvalue weighted by Crippen LogP contribution is 2.40. The number of ketones is 2. The molecule has 0 radical (unpaired) electrons. The molecule has 0 saturated heterocycles. The van der Waals surface area contributed by atoms with Crippen LogP contribution in [0.1, 0.15) is 34.1 Å². The van der Waals surface area contributed by atoms with Gasteiger partial charge in [-0.05, 0) is 19.4 Å². The number of carbonyl (C=O) groups excluding carboxylic acids is 2. The third-order valence-corrected chi connectivity index (χ3v) is 6.73. The topological polar surface area (TPSA) is 112 Å². The van der Waals surface area contributed by atoms with Gasteiger partial charge in [0.25, 0.3) is 0 Å². The van der Waals surface area contributed by atoms with Crippen molar-refractivity contribution in [2.24, 2.45) is 0 Å².